The van der Waals surface area contributed by atoms with Crippen LogP contribution in [0.3, 0.4) is 0 Å². The van der Waals surface area contributed by atoms with Crippen LogP contribution in [0.4, 0.5) is 0 Å². The quantitative estimate of drug-likeness (QED) is 0.763. The summed E-state index contributed by atoms with van der Waals surface area (Å²) in [6.45, 7) is 4.43. The summed E-state index contributed by atoms with van der Waals surface area (Å²) in [5.74, 6) is 0.708. The molecule has 68 valence electrons. The number of nitrogens with two attached hydrogens (primary N) is 1. The standard InChI is InChI=1S/C10H17NS/c1-8(2)6-9(11)7-10-4-3-5-12-10/h3-5,8-9H,6-7,11H2,1-2H3/t9-/m1/s1. The molecule has 0 fully saturated rings. The zero-order valence-corrected chi connectivity index (χ0v) is 8.60. The van der Waals surface area contributed by atoms with E-state index in [1.165, 1.54) is 4.88 Å². The second-order valence-electron chi connectivity index (χ2n) is 3.67. The van der Waals surface area contributed by atoms with Gasteiger partial charge in [0.15, 0.2) is 0 Å². The molecule has 0 bridgehead atoms. The molecule has 0 spiro atoms. The summed E-state index contributed by atoms with van der Waals surface area (Å²) in [7, 11) is 0. The fourth-order valence-electron chi connectivity index (χ4n) is 1.38. The Bertz CT molecular complexity index is 204. The lowest BCUT2D eigenvalue weighted by molar-refractivity contribution is 0.495. The Labute approximate surface area is 78.6 Å². The van der Waals surface area contributed by atoms with Crippen LogP contribution in [0.25, 0.3) is 0 Å². The summed E-state index contributed by atoms with van der Waals surface area (Å²) in [6.07, 6.45) is 2.16. The molecule has 0 aliphatic rings. The van der Waals surface area contributed by atoms with Crippen LogP contribution in [-0.4, -0.2) is 6.04 Å². The largest absolute Gasteiger partial charge is 0.327 e. The van der Waals surface area contributed by atoms with E-state index in [-0.39, 0.29) is 0 Å². The van der Waals surface area contributed by atoms with Crippen molar-refractivity contribution in [1.29, 1.82) is 0 Å². The van der Waals surface area contributed by atoms with Crippen molar-refractivity contribution in [3.8, 4) is 0 Å². The Balaban J connectivity index is 2.32. The molecule has 0 radical (unpaired) electrons. The molecule has 0 saturated heterocycles. The Hall–Kier alpha value is -0.340. The summed E-state index contributed by atoms with van der Waals surface area (Å²) >= 11 is 1.80. The number of hydrogen-bond donors (Lipinski definition) is 1. The molecule has 0 unspecified atom stereocenters. The lowest BCUT2D eigenvalue weighted by Gasteiger charge is -2.12. The molecule has 12 heavy (non-hydrogen) atoms. The van der Waals surface area contributed by atoms with Crippen molar-refractivity contribution < 1.29 is 0 Å². The number of hydrogen-bond acceptors (Lipinski definition) is 2. The fraction of sp³-hybridized carbons (Fsp3) is 0.600. The van der Waals surface area contributed by atoms with E-state index >= 15 is 0 Å². The van der Waals surface area contributed by atoms with E-state index in [9.17, 15) is 0 Å². The van der Waals surface area contributed by atoms with E-state index in [1.54, 1.807) is 11.3 Å². The highest BCUT2D eigenvalue weighted by Crippen LogP contribution is 2.13. The molecule has 2 N–H and O–H groups in total. The maximum absolute atomic E-state index is 5.97. The molecule has 1 heterocycles. The Morgan fingerprint density at radius 2 is 2.25 bits per heavy atom. The van der Waals surface area contributed by atoms with Crippen molar-refractivity contribution >= 4 is 11.3 Å². The van der Waals surface area contributed by atoms with Gasteiger partial charge >= 0.3 is 0 Å². The van der Waals surface area contributed by atoms with Crippen LogP contribution in [0.5, 0.6) is 0 Å². The van der Waals surface area contributed by atoms with Gasteiger partial charge in [0.2, 0.25) is 0 Å². The van der Waals surface area contributed by atoms with Gasteiger partial charge in [0, 0.05) is 10.9 Å². The zero-order valence-electron chi connectivity index (χ0n) is 7.79. The van der Waals surface area contributed by atoms with Gasteiger partial charge in [-0.1, -0.05) is 19.9 Å². The van der Waals surface area contributed by atoms with Crippen LogP contribution in [0.15, 0.2) is 17.5 Å². The molecule has 0 amide bonds. The average Bonchev–Trinajstić information content (AvgIpc) is 2.37. The highest BCUT2D eigenvalue weighted by molar-refractivity contribution is 7.09. The van der Waals surface area contributed by atoms with Crippen LogP contribution in [0.1, 0.15) is 25.1 Å². The first-order valence-electron chi connectivity index (χ1n) is 4.46. The highest BCUT2D eigenvalue weighted by atomic mass is 32.1. The van der Waals surface area contributed by atoms with Crippen LogP contribution >= 0.6 is 11.3 Å². The van der Waals surface area contributed by atoms with Crippen LogP contribution in [-0.2, 0) is 6.42 Å². The van der Waals surface area contributed by atoms with Crippen molar-refractivity contribution in [2.75, 3.05) is 0 Å². The molecule has 1 aromatic heterocycles. The Morgan fingerprint density at radius 1 is 1.50 bits per heavy atom. The first kappa shape index (κ1) is 9.75. The predicted molar refractivity (Wildman–Crippen MR) is 55.5 cm³/mol. The van der Waals surface area contributed by atoms with Crippen LogP contribution in [0.2, 0.25) is 0 Å². The van der Waals surface area contributed by atoms with Crippen molar-refractivity contribution in [3.63, 3.8) is 0 Å². The SMILES string of the molecule is CC(C)C[C@@H](N)Cc1cccs1. The normalized spacial score (nSPS) is 13.7. The minimum Gasteiger partial charge on any atom is -0.327 e. The third-order valence-corrected chi connectivity index (χ3v) is 2.72. The molecule has 0 saturated carbocycles. The molecule has 1 atom stereocenters. The lowest BCUT2D eigenvalue weighted by Crippen LogP contribution is -2.24. The maximum Gasteiger partial charge on any atom is 0.00896 e. The third-order valence-electron chi connectivity index (χ3n) is 1.82. The second kappa shape index (κ2) is 4.63. The van der Waals surface area contributed by atoms with E-state index in [2.05, 4.69) is 31.4 Å². The highest BCUT2D eigenvalue weighted by Gasteiger charge is 2.06. The van der Waals surface area contributed by atoms with Gasteiger partial charge in [0.1, 0.15) is 0 Å². The van der Waals surface area contributed by atoms with E-state index in [0.717, 1.165) is 12.8 Å². The molecule has 0 aromatic carbocycles. The summed E-state index contributed by atoms with van der Waals surface area (Å²) in [6, 6.07) is 4.58. The van der Waals surface area contributed by atoms with Gasteiger partial charge in [-0.3, -0.25) is 0 Å². The Morgan fingerprint density at radius 3 is 2.75 bits per heavy atom. The molecule has 0 aliphatic carbocycles. The van der Waals surface area contributed by atoms with Crippen molar-refractivity contribution in [2.45, 2.75) is 32.7 Å². The molecule has 0 aliphatic heterocycles. The van der Waals surface area contributed by atoms with Crippen molar-refractivity contribution in [2.24, 2.45) is 11.7 Å². The monoisotopic (exact) mass is 183 g/mol. The topological polar surface area (TPSA) is 26.0 Å². The fourth-order valence-corrected chi connectivity index (χ4v) is 2.18. The van der Waals surface area contributed by atoms with Gasteiger partial charge < -0.3 is 5.73 Å². The molecular weight excluding hydrogens is 166 g/mol. The Kier molecular flexibility index (Phi) is 3.76. The predicted octanol–water partition coefficient (Wildman–Crippen LogP) is 2.66. The minimum absolute atomic E-state index is 0.337. The first-order chi connectivity index (χ1) is 5.68. The number of rotatable bonds is 4. The molecular formula is C10H17NS. The average molecular weight is 183 g/mol. The third kappa shape index (κ3) is 3.37. The molecule has 1 rings (SSSR count). The molecule has 2 heteroatoms. The number of thiophene rings is 1. The summed E-state index contributed by atoms with van der Waals surface area (Å²) in [5, 5.41) is 2.11. The summed E-state index contributed by atoms with van der Waals surface area (Å²) in [5.41, 5.74) is 5.97. The van der Waals surface area contributed by atoms with Gasteiger partial charge in [-0.15, -0.1) is 11.3 Å². The van der Waals surface area contributed by atoms with Crippen molar-refractivity contribution in [3.05, 3.63) is 22.4 Å². The van der Waals surface area contributed by atoms with E-state index in [4.69, 9.17) is 5.73 Å². The zero-order chi connectivity index (χ0) is 8.97. The van der Waals surface area contributed by atoms with E-state index in [1.807, 2.05) is 0 Å². The maximum atomic E-state index is 5.97. The first-order valence-corrected chi connectivity index (χ1v) is 5.34. The minimum atomic E-state index is 0.337. The second-order valence-corrected chi connectivity index (χ2v) is 4.71. The van der Waals surface area contributed by atoms with E-state index < -0.39 is 0 Å². The summed E-state index contributed by atoms with van der Waals surface area (Å²) in [4.78, 5) is 1.41. The van der Waals surface area contributed by atoms with Crippen molar-refractivity contribution in [1.82, 2.24) is 0 Å². The molecule has 1 nitrogen and oxygen atoms in total. The lowest BCUT2D eigenvalue weighted by atomic mass is 10.0. The molecule has 1 aromatic rings. The van der Waals surface area contributed by atoms with Gasteiger partial charge in [-0.25, -0.2) is 0 Å². The van der Waals surface area contributed by atoms with Crippen LogP contribution in [0, 0.1) is 5.92 Å². The smallest absolute Gasteiger partial charge is 0.00896 e. The van der Waals surface area contributed by atoms with E-state index in [0.29, 0.717) is 12.0 Å². The van der Waals surface area contributed by atoms with Gasteiger partial charge in [-0.05, 0) is 30.2 Å². The summed E-state index contributed by atoms with van der Waals surface area (Å²) < 4.78 is 0. The van der Waals surface area contributed by atoms with Gasteiger partial charge in [-0.2, -0.15) is 0 Å². The van der Waals surface area contributed by atoms with Gasteiger partial charge in [0.25, 0.3) is 0 Å². The van der Waals surface area contributed by atoms with Crippen LogP contribution < -0.4 is 5.73 Å². The van der Waals surface area contributed by atoms with Gasteiger partial charge in [0.05, 0.1) is 0 Å².